The zero-order chi connectivity index (χ0) is 27.6. The summed E-state index contributed by atoms with van der Waals surface area (Å²) in [6, 6.07) is 10.8. The Labute approximate surface area is 229 Å². The van der Waals surface area contributed by atoms with E-state index >= 15 is 0 Å². The van der Waals surface area contributed by atoms with Crippen molar-refractivity contribution in [3.05, 3.63) is 98.9 Å². The molecule has 0 fully saturated rings. The summed E-state index contributed by atoms with van der Waals surface area (Å²) in [5, 5.41) is 12.7. The number of anilines is 1. The highest BCUT2D eigenvalue weighted by Gasteiger charge is 2.36. The molecule has 0 radical (unpaired) electrons. The molecule has 2 heterocycles. The molecule has 4 N–H and O–H groups in total. The van der Waals surface area contributed by atoms with Crippen LogP contribution >= 0.6 is 23.2 Å². The van der Waals surface area contributed by atoms with Crippen molar-refractivity contribution in [1.82, 2.24) is 15.1 Å². The number of hydrogen-bond acceptors (Lipinski definition) is 6. The summed E-state index contributed by atoms with van der Waals surface area (Å²) < 4.78 is 6.34. The molecule has 0 saturated heterocycles. The maximum Gasteiger partial charge on any atom is 0.335 e. The van der Waals surface area contributed by atoms with Gasteiger partial charge in [0.05, 0.1) is 17.8 Å². The third-order valence-electron chi connectivity index (χ3n) is 6.02. The summed E-state index contributed by atoms with van der Waals surface area (Å²) in [4.78, 5) is 40.8. The Morgan fingerprint density at radius 2 is 1.84 bits per heavy atom. The summed E-state index contributed by atoms with van der Waals surface area (Å²) >= 11 is 12.8. The number of carbonyl (C=O) groups excluding carboxylic acids is 2. The first-order chi connectivity index (χ1) is 18.1. The van der Waals surface area contributed by atoms with Gasteiger partial charge in [-0.3, -0.25) is 9.69 Å². The van der Waals surface area contributed by atoms with E-state index in [1.807, 2.05) is 29.0 Å². The summed E-state index contributed by atoms with van der Waals surface area (Å²) in [5.74, 6) is -0.577. The van der Waals surface area contributed by atoms with Crippen LogP contribution in [0.5, 0.6) is 0 Å². The first-order valence-electron chi connectivity index (χ1n) is 11.5. The molecule has 0 bridgehead atoms. The van der Waals surface area contributed by atoms with Gasteiger partial charge in [0.2, 0.25) is 5.91 Å². The number of primary amides is 1. The fourth-order valence-electron chi connectivity index (χ4n) is 4.17. The highest BCUT2D eigenvalue weighted by Crippen LogP contribution is 2.40. The van der Waals surface area contributed by atoms with Crippen molar-refractivity contribution in [1.29, 1.82) is 0 Å². The van der Waals surface area contributed by atoms with Gasteiger partial charge in [0, 0.05) is 46.8 Å². The predicted octanol–water partition coefficient (Wildman–Crippen LogP) is 4.09. The maximum absolute atomic E-state index is 12.9. The molecule has 2 aliphatic heterocycles. The topological polar surface area (TPSA) is 128 Å². The molecule has 2 aromatic rings. The number of benzene rings is 2. The number of carboxylic acid groups (broad SMARTS) is 1. The SMILES string of the molecule is CC1=CN2CC=C(N(C)C(=O)CNC(N)=O)C(OCc3c(Cl)cccc3Cl)=C2N1c1cccc(C(=O)O)c1. The molecule has 12 heteroatoms. The Bertz CT molecular complexity index is 1380. The predicted molar refractivity (Wildman–Crippen MR) is 143 cm³/mol. The van der Waals surface area contributed by atoms with Crippen molar-refractivity contribution in [2.75, 3.05) is 25.0 Å². The highest BCUT2D eigenvalue weighted by atomic mass is 35.5. The molecule has 4 rings (SSSR count). The van der Waals surface area contributed by atoms with Gasteiger partial charge in [-0.1, -0.05) is 35.3 Å². The summed E-state index contributed by atoms with van der Waals surface area (Å²) in [7, 11) is 1.56. The Kier molecular flexibility index (Phi) is 7.84. The van der Waals surface area contributed by atoms with Crippen molar-refractivity contribution in [2.24, 2.45) is 5.73 Å². The quantitative estimate of drug-likeness (QED) is 0.445. The number of carboxylic acids is 1. The molecule has 2 aromatic carbocycles. The van der Waals surface area contributed by atoms with Gasteiger partial charge >= 0.3 is 12.0 Å². The van der Waals surface area contributed by atoms with Crippen LogP contribution < -0.4 is 16.0 Å². The number of fused-ring (bicyclic) bond motifs is 1. The Hall–Kier alpha value is -4.15. The monoisotopic (exact) mass is 557 g/mol. The molecule has 10 nitrogen and oxygen atoms in total. The lowest BCUT2D eigenvalue weighted by molar-refractivity contribution is -0.127. The van der Waals surface area contributed by atoms with Gasteiger partial charge < -0.3 is 30.7 Å². The maximum atomic E-state index is 12.9. The molecular formula is C26H25Cl2N5O5. The second-order valence-electron chi connectivity index (χ2n) is 8.52. The number of aromatic carboxylic acids is 1. The van der Waals surface area contributed by atoms with Crippen LogP contribution in [0, 0.1) is 0 Å². The van der Waals surface area contributed by atoms with Crippen LogP contribution in [0.1, 0.15) is 22.8 Å². The molecule has 0 unspecified atom stereocenters. The van der Waals surface area contributed by atoms with E-state index in [1.165, 1.54) is 11.0 Å². The Balaban J connectivity index is 1.79. The van der Waals surface area contributed by atoms with Gasteiger partial charge in [-0.2, -0.15) is 0 Å². The number of amides is 3. The molecule has 0 atom stereocenters. The van der Waals surface area contributed by atoms with Gasteiger partial charge in [-0.25, -0.2) is 9.59 Å². The van der Waals surface area contributed by atoms with Crippen LogP contribution in [0.25, 0.3) is 0 Å². The van der Waals surface area contributed by atoms with Crippen molar-refractivity contribution >= 4 is 46.8 Å². The van der Waals surface area contributed by atoms with E-state index in [1.54, 1.807) is 43.4 Å². The lowest BCUT2D eigenvalue weighted by Crippen LogP contribution is -2.42. The van der Waals surface area contributed by atoms with E-state index in [-0.39, 0.29) is 18.7 Å². The van der Waals surface area contributed by atoms with Gasteiger partial charge in [0.1, 0.15) is 6.61 Å². The number of nitrogens with one attached hydrogen (secondary N) is 1. The zero-order valence-corrected chi connectivity index (χ0v) is 22.1. The van der Waals surface area contributed by atoms with E-state index in [9.17, 15) is 19.5 Å². The molecular weight excluding hydrogens is 533 g/mol. The van der Waals surface area contributed by atoms with Crippen LogP contribution in [-0.4, -0.2) is 53.0 Å². The van der Waals surface area contributed by atoms with E-state index in [0.29, 0.717) is 45.1 Å². The van der Waals surface area contributed by atoms with Gasteiger partial charge in [0.25, 0.3) is 0 Å². The van der Waals surface area contributed by atoms with Crippen molar-refractivity contribution in [2.45, 2.75) is 13.5 Å². The second kappa shape index (κ2) is 11.1. The van der Waals surface area contributed by atoms with E-state index in [2.05, 4.69) is 5.32 Å². The number of halogens is 2. The third kappa shape index (κ3) is 5.41. The number of carbonyl (C=O) groups is 3. The average Bonchev–Trinajstić information content (AvgIpc) is 3.22. The number of likely N-dealkylation sites (N-methyl/N-ethyl adjacent to an activating group) is 1. The van der Waals surface area contributed by atoms with Gasteiger partial charge in [-0.05, 0) is 43.3 Å². The number of rotatable bonds is 8. The van der Waals surface area contributed by atoms with E-state index in [0.717, 1.165) is 5.70 Å². The van der Waals surface area contributed by atoms with Crippen LogP contribution in [0.4, 0.5) is 10.5 Å². The first-order valence-corrected chi connectivity index (χ1v) is 12.2. The molecule has 0 aliphatic carbocycles. The third-order valence-corrected chi connectivity index (χ3v) is 6.73. The summed E-state index contributed by atoms with van der Waals surface area (Å²) in [6.45, 7) is 1.96. The van der Waals surface area contributed by atoms with Crippen molar-refractivity contribution < 1.29 is 24.2 Å². The minimum Gasteiger partial charge on any atom is -0.483 e. The number of nitrogens with two attached hydrogens (primary N) is 1. The van der Waals surface area contributed by atoms with Gasteiger partial charge in [0.15, 0.2) is 11.6 Å². The molecule has 0 spiro atoms. The number of nitrogens with zero attached hydrogens (tertiary/aromatic N) is 3. The minimum atomic E-state index is -1.06. The number of allylic oxidation sites excluding steroid dienone is 1. The van der Waals surface area contributed by atoms with Crippen LogP contribution in [0.2, 0.25) is 10.0 Å². The van der Waals surface area contributed by atoms with Crippen molar-refractivity contribution in [3.8, 4) is 0 Å². The lowest BCUT2D eigenvalue weighted by atomic mass is 10.1. The Morgan fingerprint density at radius 1 is 1.16 bits per heavy atom. The summed E-state index contributed by atoms with van der Waals surface area (Å²) in [6.07, 6.45) is 3.72. The van der Waals surface area contributed by atoms with Crippen LogP contribution in [0.15, 0.2) is 77.7 Å². The molecule has 3 amide bonds. The Morgan fingerprint density at radius 3 is 2.50 bits per heavy atom. The smallest absolute Gasteiger partial charge is 0.335 e. The average molecular weight is 558 g/mol. The molecule has 0 saturated carbocycles. The molecule has 0 aromatic heterocycles. The van der Waals surface area contributed by atoms with E-state index in [4.69, 9.17) is 33.7 Å². The van der Waals surface area contributed by atoms with Gasteiger partial charge in [-0.15, -0.1) is 0 Å². The summed E-state index contributed by atoms with van der Waals surface area (Å²) in [5.41, 5.74) is 7.66. The van der Waals surface area contributed by atoms with Crippen LogP contribution in [-0.2, 0) is 16.1 Å². The fourth-order valence-corrected chi connectivity index (χ4v) is 4.67. The normalized spacial score (nSPS) is 14.5. The lowest BCUT2D eigenvalue weighted by Gasteiger charge is -2.34. The molecule has 38 heavy (non-hydrogen) atoms. The van der Waals surface area contributed by atoms with E-state index < -0.39 is 17.9 Å². The first kappa shape index (κ1) is 26.9. The fraction of sp³-hybridized carbons (Fsp3) is 0.192. The van der Waals surface area contributed by atoms with Crippen LogP contribution in [0.3, 0.4) is 0 Å². The number of urea groups is 1. The standard InChI is InChI=1S/C26H25Cl2N5O5/c1-15-13-32-10-9-21(31(2)22(34)12-30-26(29)37)23(38-14-18-19(27)7-4-8-20(18)28)24(32)33(15)17-6-3-5-16(11-17)25(35)36/h3-9,11,13H,10,12,14H2,1-2H3,(H,35,36)(H3,29,30,37). The highest BCUT2D eigenvalue weighted by molar-refractivity contribution is 6.35. The largest absolute Gasteiger partial charge is 0.483 e. The minimum absolute atomic E-state index is 0.00780. The molecule has 2 aliphatic rings. The number of hydrogen-bond donors (Lipinski definition) is 3. The second-order valence-corrected chi connectivity index (χ2v) is 9.33. The molecule has 198 valence electrons. The zero-order valence-electron chi connectivity index (χ0n) is 20.6. The van der Waals surface area contributed by atoms with Crippen molar-refractivity contribution in [3.63, 3.8) is 0 Å². The number of ether oxygens (including phenoxy) is 1.